The lowest BCUT2D eigenvalue weighted by molar-refractivity contribution is -0.384. The quantitative estimate of drug-likeness (QED) is 0.575. The van der Waals surface area contributed by atoms with Crippen LogP contribution in [0.1, 0.15) is 11.5 Å². The lowest BCUT2D eigenvalue weighted by Crippen LogP contribution is -2.05. The minimum absolute atomic E-state index is 0.0595. The molecule has 0 aliphatic rings. The van der Waals surface area contributed by atoms with Gasteiger partial charge in [-0.3, -0.25) is 10.1 Å². The molecule has 0 bridgehead atoms. The second-order valence-corrected chi connectivity index (χ2v) is 5.20. The predicted molar refractivity (Wildman–Crippen MR) is 86.1 cm³/mol. The Labute approximate surface area is 132 Å². The normalized spacial score (nSPS) is 10.7. The molecule has 3 aromatic rings. The van der Waals surface area contributed by atoms with Crippen molar-refractivity contribution in [1.82, 2.24) is 9.55 Å². The molecular formula is C16H16N4O3. The Balaban J connectivity index is 1.81. The number of nitro groups is 1. The van der Waals surface area contributed by atoms with Crippen molar-refractivity contribution in [3.05, 3.63) is 64.2 Å². The van der Waals surface area contributed by atoms with Crippen LogP contribution in [0.2, 0.25) is 0 Å². The van der Waals surface area contributed by atoms with E-state index in [2.05, 4.69) is 10.3 Å². The lowest BCUT2D eigenvalue weighted by Gasteiger charge is -2.07. The SMILES string of the molecule is Cc1ccc(CNc2ncc(-c3cccc([N+](=O)[O-])c3)n2C)o1. The molecule has 7 nitrogen and oxygen atoms in total. The van der Waals surface area contributed by atoms with Crippen LogP contribution >= 0.6 is 0 Å². The number of imidazole rings is 1. The number of nitrogens with zero attached hydrogens (tertiary/aromatic N) is 3. The van der Waals surface area contributed by atoms with Gasteiger partial charge in [0.1, 0.15) is 11.5 Å². The molecule has 1 N–H and O–H groups in total. The molecule has 0 fully saturated rings. The molecule has 0 radical (unpaired) electrons. The van der Waals surface area contributed by atoms with Crippen LogP contribution in [-0.2, 0) is 13.6 Å². The second-order valence-electron chi connectivity index (χ2n) is 5.20. The largest absolute Gasteiger partial charge is 0.465 e. The van der Waals surface area contributed by atoms with Crippen LogP contribution in [0.3, 0.4) is 0 Å². The number of anilines is 1. The molecule has 3 rings (SSSR count). The highest BCUT2D eigenvalue weighted by Crippen LogP contribution is 2.25. The molecule has 23 heavy (non-hydrogen) atoms. The summed E-state index contributed by atoms with van der Waals surface area (Å²) in [5, 5.41) is 14.1. The number of non-ortho nitro benzene ring substituents is 1. The van der Waals surface area contributed by atoms with E-state index in [-0.39, 0.29) is 5.69 Å². The second kappa shape index (κ2) is 5.96. The van der Waals surface area contributed by atoms with E-state index >= 15 is 0 Å². The Bertz CT molecular complexity index is 851. The van der Waals surface area contributed by atoms with Gasteiger partial charge in [-0.1, -0.05) is 12.1 Å². The Morgan fingerprint density at radius 1 is 1.35 bits per heavy atom. The number of aromatic nitrogens is 2. The zero-order valence-electron chi connectivity index (χ0n) is 12.8. The summed E-state index contributed by atoms with van der Waals surface area (Å²) in [6.45, 7) is 2.41. The van der Waals surface area contributed by atoms with Crippen LogP contribution in [0.25, 0.3) is 11.3 Å². The Morgan fingerprint density at radius 2 is 2.17 bits per heavy atom. The number of hydrogen-bond donors (Lipinski definition) is 1. The topological polar surface area (TPSA) is 86.1 Å². The third kappa shape index (κ3) is 3.08. The van der Waals surface area contributed by atoms with E-state index in [1.807, 2.05) is 36.7 Å². The molecule has 0 spiro atoms. The maximum absolute atomic E-state index is 10.9. The van der Waals surface area contributed by atoms with Gasteiger partial charge in [0.15, 0.2) is 0 Å². The van der Waals surface area contributed by atoms with Gasteiger partial charge in [0, 0.05) is 24.7 Å². The van der Waals surface area contributed by atoms with E-state index in [1.54, 1.807) is 12.3 Å². The van der Waals surface area contributed by atoms with Crippen LogP contribution in [-0.4, -0.2) is 14.5 Å². The Morgan fingerprint density at radius 3 is 2.87 bits per heavy atom. The van der Waals surface area contributed by atoms with Gasteiger partial charge in [0.2, 0.25) is 5.95 Å². The molecule has 0 saturated carbocycles. The van der Waals surface area contributed by atoms with Crippen LogP contribution in [0, 0.1) is 17.0 Å². The maximum atomic E-state index is 10.9. The molecule has 2 heterocycles. The first-order valence-electron chi connectivity index (χ1n) is 7.10. The highest BCUT2D eigenvalue weighted by atomic mass is 16.6. The Hall–Kier alpha value is -3.09. The molecule has 1 aromatic carbocycles. The summed E-state index contributed by atoms with van der Waals surface area (Å²) in [5.41, 5.74) is 1.60. The van der Waals surface area contributed by atoms with Crippen molar-refractivity contribution in [2.75, 3.05) is 5.32 Å². The highest BCUT2D eigenvalue weighted by Gasteiger charge is 2.12. The number of aryl methyl sites for hydroxylation is 1. The van der Waals surface area contributed by atoms with Crippen molar-refractivity contribution < 1.29 is 9.34 Å². The van der Waals surface area contributed by atoms with Gasteiger partial charge in [-0.05, 0) is 19.1 Å². The van der Waals surface area contributed by atoms with Crippen molar-refractivity contribution in [3.8, 4) is 11.3 Å². The third-order valence-electron chi connectivity index (χ3n) is 3.56. The van der Waals surface area contributed by atoms with Crippen molar-refractivity contribution in [2.24, 2.45) is 7.05 Å². The number of benzene rings is 1. The monoisotopic (exact) mass is 312 g/mol. The van der Waals surface area contributed by atoms with Crippen molar-refractivity contribution in [2.45, 2.75) is 13.5 Å². The van der Waals surface area contributed by atoms with Gasteiger partial charge in [0.25, 0.3) is 5.69 Å². The van der Waals surface area contributed by atoms with E-state index in [1.165, 1.54) is 12.1 Å². The summed E-state index contributed by atoms with van der Waals surface area (Å²) in [6, 6.07) is 10.3. The Kier molecular flexibility index (Phi) is 3.84. The molecule has 0 aliphatic heterocycles. The number of hydrogen-bond acceptors (Lipinski definition) is 5. The summed E-state index contributed by atoms with van der Waals surface area (Å²) < 4.78 is 7.36. The van der Waals surface area contributed by atoms with E-state index in [0.29, 0.717) is 12.5 Å². The molecule has 7 heteroatoms. The molecule has 0 atom stereocenters. The molecular weight excluding hydrogens is 296 g/mol. The summed E-state index contributed by atoms with van der Waals surface area (Å²) in [4.78, 5) is 14.8. The highest BCUT2D eigenvalue weighted by molar-refractivity contribution is 5.64. The van der Waals surface area contributed by atoms with E-state index in [9.17, 15) is 10.1 Å². The maximum Gasteiger partial charge on any atom is 0.270 e. The average molecular weight is 312 g/mol. The lowest BCUT2D eigenvalue weighted by atomic mass is 10.1. The fraction of sp³-hybridized carbons (Fsp3) is 0.188. The smallest absolute Gasteiger partial charge is 0.270 e. The molecule has 0 amide bonds. The number of rotatable bonds is 5. The minimum Gasteiger partial charge on any atom is -0.465 e. The molecule has 118 valence electrons. The number of nitrogens with one attached hydrogen (secondary N) is 1. The van der Waals surface area contributed by atoms with Gasteiger partial charge < -0.3 is 14.3 Å². The van der Waals surface area contributed by atoms with Gasteiger partial charge >= 0.3 is 0 Å². The fourth-order valence-electron chi connectivity index (χ4n) is 2.37. The minimum atomic E-state index is -0.404. The first-order valence-corrected chi connectivity index (χ1v) is 7.10. The summed E-state index contributed by atoms with van der Waals surface area (Å²) in [7, 11) is 1.86. The standard InChI is InChI=1S/C16H16N4O3/c1-11-6-7-14(23-11)9-17-16-18-10-15(19(16)2)12-4-3-5-13(8-12)20(21)22/h3-8,10H,9H2,1-2H3,(H,17,18). The predicted octanol–water partition coefficient (Wildman–Crippen LogP) is 3.51. The van der Waals surface area contributed by atoms with Crippen LogP contribution in [0.4, 0.5) is 11.6 Å². The van der Waals surface area contributed by atoms with Gasteiger partial charge in [-0.15, -0.1) is 0 Å². The number of furan rings is 1. The van der Waals surface area contributed by atoms with Crippen LogP contribution < -0.4 is 5.32 Å². The van der Waals surface area contributed by atoms with E-state index in [0.717, 1.165) is 22.8 Å². The molecule has 0 aliphatic carbocycles. The summed E-state index contributed by atoms with van der Waals surface area (Å²) in [6.07, 6.45) is 1.69. The van der Waals surface area contributed by atoms with Crippen molar-refractivity contribution >= 4 is 11.6 Å². The zero-order chi connectivity index (χ0) is 16.4. The van der Waals surface area contributed by atoms with Crippen molar-refractivity contribution in [1.29, 1.82) is 0 Å². The van der Waals surface area contributed by atoms with E-state index < -0.39 is 4.92 Å². The third-order valence-corrected chi connectivity index (χ3v) is 3.56. The van der Waals surface area contributed by atoms with Gasteiger partial charge in [-0.25, -0.2) is 4.98 Å². The van der Waals surface area contributed by atoms with Gasteiger partial charge in [0.05, 0.1) is 23.4 Å². The first-order chi connectivity index (χ1) is 11.0. The molecule has 0 saturated heterocycles. The fourth-order valence-corrected chi connectivity index (χ4v) is 2.37. The summed E-state index contributed by atoms with van der Waals surface area (Å²) >= 11 is 0. The zero-order valence-corrected chi connectivity index (χ0v) is 12.8. The molecule has 0 unspecified atom stereocenters. The van der Waals surface area contributed by atoms with Crippen LogP contribution in [0.5, 0.6) is 0 Å². The first kappa shape index (κ1) is 14.8. The molecule has 2 aromatic heterocycles. The van der Waals surface area contributed by atoms with Gasteiger partial charge in [-0.2, -0.15) is 0 Å². The average Bonchev–Trinajstić information content (AvgIpc) is 3.11. The van der Waals surface area contributed by atoms with E-state index in [4.69, 9.17) is 4.42 Å². The van der Waals surface area contributed by atoms with Crippen LogP contribution in [0.15, 0.2) is 47.0 Å². The van der Waals surface area contributed by atoms with Crippen molar-refractivity contribution in [3.63, 3.8) is 0 Å². The summed E-state index contributed by atoms with van der Waals surface area (Å²) in [5.74, 6) is 2.35. The number of nitro benzene ring substituents is 1.